The van der Waals surface area contributed by atoms with Crippen LogP contribution in [-0.4, -0.2) is 37.1 Å². The van der Waals surface area contributed by atoms with Gasteiger partial charge in [0.25, 0.3) is 5.91 Å². The molecule has 0 spiro atoms. The molecule has 3 heterocycles. The zero-order valence-electron chi connectivity index (χ0n) is 15.4. The van der Waals surface area contributed by atoms with E-state index in [0.717, 1.165) is 21.3 Å². The van der Waals surface area contributed by atoms with Gasteiger partial charge in [-0.2, -0.15) is 10.0 Å². The maximum atomic E-state index is 14.3. The molecule has 4 rings (SSSR count). The van der Waals surface area contributed by atoms with Gasteiger partial charge in [0.05, 0.1) is 11.3 Å². The first kappa shape index (κ1) is 18.7. The minimum atomic E-state index is -0.475. The van der Waals surface area contributed by atoms with E-state index < -0.39 is 5.91 Å². The highest BCUT2D eigenvalue weighted by molar-refractivity contribution is 8.45. The van der Waals surface area contributed by atoms with Crippen LogP contribution in [-0.2, 0) is 4.79 Å². The van der Waals surface area contributed by atoms with Crippen molar-refractivity contribution >= 4 is 50.9 Å². The Hall–Kier alpha value is -2.65. The number of hydrazone groups is 1. The van der Waals surface area contributed by atoms with Crippen LogP contribution < -0.4 is 0 Å². The number of hydrogen-bond donors (Lipinski definition) is 1. The standard InChI is InChI=1S/C19H16FN5OS2/c1-10-8-12(11(2)24(10)15-7-5-4-6-14(15)20)9-13-16(21)25-18(22-17(13)26)28-19(23-25)27-3/h4-9,21H,1-3H3/b13-9+,21-16?. The van der Waals surface area contributed by atoms with Gasteiger partial charge in [0.1, 0.15) is 5.82 Å². The monoisotopic (exact) mass is 413 g/mol. The van der Waals surface area contributed by atoms with E-state index in [4.69, 9.17) is 5.41 Å². The number of carbonyl (C=O) groups is 1. The molecule has 2 aromatic rings. The lowest BCUT2D eigenvalue weighted by Crippen LogP contribution is -2.35. The van der Waals surface area contributed by atoms with E-state index in [1.54, 1.807) is 28.8 Å². The highest BCUT2D eigenvalue weighted by atomic mass is 32.2. The van der Waals surface area contributed by atoms with Crippen molar-refractivity contribution in [1.82, 2.24) is 9.58 Å². The van der Waals surface area contributed by atoms with Crippen molar-refractivity contribution < 1.29 is 9.18 Å². The maximum absolute atomic E-state index is 14.3. The number of nitrogens with zero attached hydrogens (tertiary/aromatic N) is 4. The lowest BCUT2D eigenvalue weighted by Gasteiger charge is -2.20. The number of benzene rings is 1. The third-order valence-corrected chi connectivity index (χ3v) is 6.36. The number of hydrogen-bond acceptors (Lipinski definition) is 5. The summed E-state index contributed by atoms with van der Waals surface area (Å²) in [6.45, 7) is 3.73. The molecule has 1 aromatic carbocycles. The van der Waals surface area contributed by atoms with Crippen molar-refractivity contribution in [3.63, 3.8) is 0 Å². The number of nitrogens with one attached hydrogen (secondary N) is 1. The number of aromatic nitrogens is 1. The van der Waals surface area contributed by atoms with Crippen molar-refractivity contribution in [1.29, 1.82) is 5.41 Å². The Morgan fingerprint density at radius 3 is 2.75 bits per heavy atom. The second-order valence-electron chi connectivity index (χ2n) is 6.20. The molecule has 2 aliphatic rings. The smallest absolute Gasteiger partial charge is 0.283 e. The second kappa shape index (κ2) is 7.06. The van der Waals surface area contributed by atoms with Gasteiger partial charge in [-0.05, 0) is 61.7 Å². The van der Waals surface area contributed by atoms with Gasteiger partial charge in [-0.25, -0.2) is 4.39 Å². The predicted octanol–water partition coefficient (Wildman–Crippen LogP) is 4.17. The first-order valence-corrected chi connectivity index (χ1v) is 10.4. The molecule has 9 heteroatoms. The number of halogens is 1. The molecule has 0 saturated heterocycles. The van der Waals surface area contributed by atoms with Crippen molar-refractivity contribution in [3.8, 4) is 5.69 Å². The zero-order valence-corrected chi connectivity index (χ0v) is 17.0. The zero-order chi connectivity index (χ0) is 20.0. The van der Waals surface area contributed by atoms with Crippen molar-refractivity contribution in [3.05, 3.63) is 58.7 Å². The number of para-hydroxylation sites is 1. The van der Waals surface area contributed by atoms with E-state index >= 15 is 0 Å². The molecule has 0 saturated carbocycles. The number of amidine groups is 2. The first-order valence-electron chi connectivity index (χ1n) is 8.38. The van der Waals surface area contributed by atoms with E-state index in [1.165, 1.54) is 34.6 Å². The lowest BCUT2D eigenvalue weighted by molar-refractivity contribution is -0.114. The van der Waals surface area contributed by atoms with Gasteiger partial charge in [-0.3, -0.25) is 10.2 Å². The van der Waals surface area contributed by atoms with Gasteiger partial charge >= 0.3 is 0 Å². The third-order valence-electron chi connectivity index (χ3n) is 4.47. The second-order valence-corrected chi connectivity index (χ2v) is 8.21. The van der Waals surface area contributed by atoms with Gasteiger partial charge in [0.2, 0.25) is 5.17 Å². The molecule has 0 unspecified atom stereocenters. The number of fused-ring (bicyclic) bond motifs is 1. The summed E-state index contributed by atoms with van der Waals surface area (Å²) in [5.41, 5.74) is 2.93. The highest BCUT2D eigenvalue weighted by Crippen LogP contribution is 2.32. The van der Waals surface area contributed by atoms with Crippen LogP contribution in [0, 0.1) is 25.1 Å². The van der Waals surface area contributed by atoms with E-state index in [1.807, 2.05) is 26.2 Å². The van der Waals surface area contributed by atoms with Crippen molar-refractivity contribution in [2.45, 2.75) is 13.8 Å². The SMILES string of the molecule is CSC1=NN2C(=N)/C(=C\c3cc(C)n(-c4ccccc4F)c3C)C(=O)N=C2S1. The van der Waals surface area contributed by atoms with Gasteiger partial charge in [-0.1, -0.05) is 12.1 Å². The number of thioether (sulfide) groups is 2. The Morgan fingerprint density at radius 1 is 1.29 bits per heavy atom. The van der Waals surface area contributed by atoms with E-state index in [0.29, 0.717) is 10.9 Å². The molecule has 1 aromatic heterocycles. The highest BCUT2D eigenvalue weighted by Gasteiger charge is 2.35. The van der Waals surface area contributed by atoms with Crippen LogP contribution in [0.25, 0.3) is 11.8 Å². The molecule has 1 amide bonds. The molecular formula is C19H16FN5OS2. The lowest BCUT2D eigenvalue weighted by atomic mass is 10.1. The van der Waals surface area contributed by atoms with Gasteiger partial charge < -0.3 is 4.57 Å². The largest absolute Gasteiger partial charge is 0.315 e. The van der Waals surface area contributed by atoms with E-state index in [-0.39, 0.29) is 17.2 Å². The molecule has 2 aliphatic heterocycles. The van der Waals surface area contributed by atoms with Crippen LogP contribution >= 0.6 is 23.5 Å². The average Bonchev–Trinajstić information content (AvgIpc) is 3.20. The molecule has 142 valence electrons. The van der Waals surface area contributed by atoms with Crippen LogP contribution in [0.3, 0.4) is 0 Å². The Morgan fingerprint density at radius 2 is 2.04 bits per heavy atom. The topological polar surface area (TPSA) is 73.8 Å². The quantitative estimate of drug-likeness (QED) is 0.750. The Balaban J connectivity index is 1.78. The van der Waals surface area contributed by atoms with Crippen LogP contribution in [0.5, 0.6) is 0 Å². The van der Waals surface area contributed by atoms with Gasteiger partial charge in [0, 0.05) is 11.4 Å². The summed E-state index contributed by atoms with van der Waals surface area (Å²) in [6.07, 6.45) is 3.51. The summed E-state index contributed by atoms with van der Waals surface area (Å²) < 4.78 is 16.8. The third kappa shape index (κ3) is 3.00. The molecule has 0 bridgehead atoms. The van der Waals surface area contributed by atoms with E-state index in [9.17, 15) is 9.18 Å². The molecule has 28 heavy (non-hydrogen) atoms. The summed E-state index contributed by atoms with van der Waals surface area (Å²) in [5, 5.41) is 14.5. The van der Waals surface area contributed by atoms with Crippen LogP contribution in [0.2, 0.25) is 0 Å². The van der Waals surface area contributed by atoms with Gasteiger partial charge in [0.15, 0.2) is 10.2 Å². The number of aliphatic imine (C=N–C) groups is 1. The fourth-order valence-electron chi connectivity index (χ4n) is 3.15. The minimum Gasteiger partial charge on any atom is -0.315 e. The molecular weight excluding hydrogens is 397 g/mol. The van der Waals surface area contributed by atoms with Crippen LogP contribution in [0.15, 0.2) is 46.0 Å². The average molecular weight is 414 g/mol. The normalized spacial score (nSPS) is 17.9. The Bertz CT molecular complexity index is 1120. The predicted molar refractivity (Wildman–Crippen MR) is 114 cm³/mol. The molecule has 6 nitrogen and oxygen atoms in total. The number of carbonyl (C=O) groups excluding carboxylic acids is 1. The first-order chi connectivity index (χ1) is 13.4. The van der Waals surface area contributed by atoms with Gasteiger partial charge in [-0.15, -0.1) is 16.9 Å². The maximum Gasteiger partial charge on any atom is 0.283 e. The van der Waals surface area contributed by atoms with Crippen molar-refractivity contribution in [2.24, 2.45) is 10.1 Å². The fraction of sp³-hybridized carbons (Fsp3) is 0.158. The van der Waals surface area contributed by atoms with E-state index in [2.05, 4.69) is 10.1 Å². The molecule has 0 radical (unpaired) electrons. The molecule has 1 N–H and O–H groups in total. The molecule has 0 fully saturated rings. The van der Waals surface area contributed by atoms with Crippen LogP contribution in [0.1, 0.15) is 17.0 Å². The minimum absolute atomic E-state index is 0.0118. The Kier molecular flexibility index (Phi) is 4.72. The summed E-state index contributed by atoms with van der Waals surface area (Å²) in [4.78, 5) is 16.6. The molecule has 0 atom stereocenters. The number of aryl methyl sites for hydroxylation is 1. The number of rotatable bonds is 2. The fourth-order valence-corrected chi connectivity index (χ4v) is 4.50. The summed E-state index contributed by atoms with van der Waals surface area (Å²) in [7, 11) is 0. The summed E-state index contributed by atoms with van der Waals surface area (Å²) in [5.74, 6) is -0.813. The van der Waals surface area contributed by atoms with Crippen molar-refractivity contribution in [2.75, 3.05) is 6.26 Å². The van der Waals surface area contributed by atoms with Crippen LogP contribution in [0.4, 0.5) is 4.39 Å². The summed E-state index contributed by atoms with van der Waals surface area (Å²) in [6, 6.07) is 8.40. The molecule has 0 aliphatic carbocycles. The summed E-state index contributed by atoms with van der Waals surface area (Å²) >= 11 is 2.71. The Labute approximate surface area is 169 Å². The number of amides is 1.